The Morgan fingerprint density at radius 3 is 2.39 bits per heavy atom. The van der Waals surface area contributed by atoms with Crippen molar-refractivity contribution in [2.24, 2.45) is 0 Å². The van der Waals surface area contributed by atoms with Gasteiger partial charge in [0.25, 0.3) is 5.91 Å². The van der Waals surface area contributed by atoms with Crippen molar-refractivity contribution >= 4 is 45.2 Å². The number of halogens is 1. The minimum atomic E-state index is -3.82. The van der Waals surface area contributed by atoms with Crippen LogP contribution in [0.15, 0.2) is 23.1 Å². The Morgan fingerprint density at radius 1 is 1.16 bits per heavy atom. The van der Waals surface area contributed by atoms with Crippen LogP contribution in [0.1, 0.15) is 32.1 Å². The van der Waals surface area contributed by atoms with Gasteiger partial charge in [-0.2, -0.15) is 0 Å². The number of amides is 1. The average molecular weight is 472 g/mol. The molecule has 0 fully saturated rings. The molecule has 0 bridgehead atoms. The summed E-state index contributed by atoms with van der Waals surface area (Å²) in [5.74, 6) is -2.13. The molecular formula is C19H22ClN3O7S. The maximum atomic E-state index is 12.3. The van der Waals surface area contributed by atoms with Gasteiger partial charge >= 0.3 is 11.9 Å². The van der Waals surface area contributed by atoms with Gasteiger partial charge < -0.3 is 19.8 Å². The molecule has 168 valence electrons. The first-order valence-corrected chi connectivity index (χ1v) is 10.7. The minimum Gasteiger partial charge on any atom is -0.465 e. The molecule has 2 rings (SSSR count). The lowest BCUT2D eigenvalue weighted by Crippen LogP contribution is -2.24. The highest BCUT2D eigenvalue weighted by atomic mass is 35.5. The van der Waals surface area contributed by atoms with Crippen molar-refractivity contribution in [3.05, 3.63) is 45.7 Å². The number of rotatable bonds is 7. The van der Waals surface area contributed by atoms with E-state index in [0.717, 1.165) is 4.31 Å². The number of carbonyl (C=O) groups excluding carboxylic acids is 3. The summed E-state index contributed by atoms with van der Waals surface area (Å²) in [6.07, 6.45) is 0. The maximum absolute atomic E-state index is 12.3. The van der Waals surface area contributed by atoms with Crippen LogP contribution in [-0.4, -0.2) is 63.4 Å². The highest BCUT2D eigenvalue weighted by Gasteiger charge is 2.24. The van der Waals surface area contributed by atoms with Gasteiger partial charge in [0.15, 0.2) is 6.61 Å². The van der Waals surface area contributed by atoms with Gasteiger partial charge in [0.2, 0.25) is 10.0 Å². The Morgan fingerprint density at radius 2 is 1.81 bits per heavy atom. The second-order valence-corrected chi connectivity index (χ2v) is 9.20. The van der Waals surface area contributed by atoms with E-state index >= 15 is 0 Å². The summed E-state index contributed by atoms with van der Waals surface area (Å²) in [5.41, 5.74) is 1.17. The number of aromatic nitrogens is 1. The summed E-state index contributed by atoms with van der Waals surface area (Å²) < 4.78 is 35.3. The van der Waals surface area contributed by atoms with Crippen LogP contribution in [0, 0.1) is 13.8 Å². The van der Waals surface area contributed by atoms with Crippen LogP contribution < -0.4 is 5.32 Å². The SMILES string of the molecule is COC(=O)c1c(C)[nH]c(C(=O)OCC(=O)Nc2ccc(Cl)c(S(=O)(=O)N(C)C)c2)c1C. The number of methoxy groups -OCH3 is 1. The normalized spacial score (nSPS) is 11.3. The van der Waals surface area contributed by atoms with E-state index in [1.54, 1.807) is 13.8 Å². The number of anilines is 1. The van der Waals surface area contributed by atoms with E-state index in [1.165, 1.54) is 39.4 Å². The molecule has 2 aromatic rings. The van der Waals surface area contributed by atoms with E-state index in [9.17, 15) is 22.8 Å². The molecule has 0 atom stereocenters. The number of carbonyl (C=O) groups is 3. The second kappa shape index (κ2) is 9.50. The van der Waals surface area contributed by atoms with E-state index in [0.29, 0.717) is 11.3 Å². The van der Waals surface area contributed by atoms with E-state index in [1.807, 2.05) is 0 Å². The topological polar surface area (TPSA) is 135 Å². The van der Waals surface area contributed by atoms with Crippen LogP contribution in [0.5, 0.6) is 0 Å². The Balaban J connectivity index is 2.10. The first kappa shape index (κ1) is 24.4. The Hall–Kier alpha value is -2.89. The molecule has 0 aliphatic heterocycles. The number of aromatic amines is 1. The van der Waals surface area contributed by atoms with Gasteiger partial charge in [-0.15, -0.1) is 0 Å². The largest absolute Gasteiger partial charge is 0.465 e. The lowest BCUT2D eigenvalue weighted by atomic mass is 10.1. The van der Waals surface area contributed by atoms with Gasteiger partial charge in [-0.25, -0.2) is 22.3 Å². The first-order valence-electron chi connectivity index (χ1n) is 8.86. The summed E-state index contributed by atoms with van der Waals surface area (Å²) in [4.78, 5) is 38.9. The number of H-pyrrole nitrogens is 1. The molecule has 0 saturated carbocycles. The summed E-state index contributed by atoms with van der Waals surface area (Å²) in [5, 5.41) is 2.44. The van der Waals surface area contributed by atoms with Gasteiger partial charge in [-0.3, -0.25) is 4.79 Å². The highest BCUT2D eigenvalue weighted by Crippen LogP contribution is 2.27. The molecule has 0 unspecified atom stereocenters. The smallest absolute Gasteiger partial charge is 0.355 e. The van der Waals surface area contributed by atoms with Crippen LogP contribution in [0.25, 0.3) is 0 Å². The third-order valence-electron chi connectivity index (χ3n) is 4.34. The molecule has 1 heterocycles. The van der Waals surface area contributed by atoms with Gasteiger partial charge in [-0.1, -0.05) is 11.6 Å². The zero-order valence-electron chi connectivity index (χ0n) is 17.5. The number of hydrogen-bond acceptors (Lipinski definition) is 7. The number of sulfonamides is 1. The lowest BCUT2D eigenvalue weighted by molar-refractivity contribution is -0.119. The predicted molar refractivity (Wildman–Crippen MR) is 113 cm³/mol. The predicted octanol–water partition coefficient (Wildman–Crippen LogP) is 2.12. The Kier molecular flexibility index (Phi) is 7.47. The summed E-state index contributed by atoms with van der Waals surface area (Å²) >= 11 is 5.97. The molecule has 10 nitrogen and oxygen atoms in total. The molecule has 2 N–H and O–H groups in total. The number of nitrogens with zero attached hydrogens (tertiary/aromatic N) is 1. The highest BCUT2D eigenvalue weighted by molar-refractivity contribution is 7.89. The minimum absolute atomic E-state index is 0.00266. The lowest BCUT2D eigenvalue weighted by Gasteiger charge is -2.14. The van der Waals surface area contributed by atoms with Crippen LogP contribution >= 0.6 is 11.6 Å². The Labute approximate surface area is 184 Å². The maximum Gasteiger partial charge on any atom is 0.355 e. The third-order valence-corrected chi connectivity index (χ3v) is 6.64. The molecule has 0 saturated heterocycles. The van der Waals surface area contributed by atoms with E-state index in [4.69, 9.17) is 16.3 Å². The fraction of sp³-hybridized carbons (Fsp3) is 0.316. The fourth-order valence-electron chi connectivity index (χ4n) is 2.74. The summed E-state index contributed by atoms with van der Waals surface area (Å²) in [6, 6.07) is 3.95. The van der Waals surface area contributed by atoms with E-state index < -0.39 is 34.5 Å². The van der Waals surface area contributed by atoms with E-state index in [-0.39, 0.29) is 26.9 Å². The molecule has 31 heavy (non-hydrogen) atoms. The van der Waals surface area contributed by atoms with Crippen molar-refractivity contribution in [2.75, 3.05) is 33.1 Å². The zero-order chi connectivity index (χ0) is 23.5. The Bertz CT molecular complexity index is 1140. The molecule has 1 aromatic carbocycles. The quantitative estimate of drug-likeness (QED) is 0.590. The van der Waals surface area contributed by atoms with Gasteiger partial charge in [0, 0.05) is 25.5 Å². The fourth-order valence-corrected chi connectivity index (χ4v) is 4.13. The van der Waals surface area contributed by atoms with Crippen molar-refractivity contribution in [2.45, 2.75) is 18.7 Å². The number of benzene rings is 1. The summed E-state index contributed by atoms with van der Waals surface area (Å²) in [7, 11) is 0.111. The molecule has 0 spiro atoms. The molecule has 1 amide bonds. The van der Waals surface area contributed by atoms with Crippen LogP contribution in [0.2, 0.25) is 5.02 Å². The number of nitrogens with one attached hydrogen (secondary N) is 2. The van der Waals surface area contributed by atoms with Gasteiger partial charge in [-0.05, 0) is 37.6 Å². The molecular weight excluding hydrogens is 450 g/mol. The van der Waals surface area contributed by atoms with Crippen molar-refractivity contribution in [1.82, 2.24) is 9.29 Å². The third kappa shape index (κ3) is 5.24. The number of hydrogen-bond donors (Lipinski definition) is 2. The monoisotopic (exact) mass is 471 g/mol. The van der Waals surface area contributed by atoms with Crippen molar-refractivity contribution in [3.63, 3.8) is 0 Å². The summed E-state index contributed by atoms with van der Waals surface area (Å²) in [6.45, 7) is 2.51. The molecule has 0 aliphatic rings. The number of ether oxygens (including phenoxy) is 2. The molecule has 12 heteroatoms. The van der Waals surface area contributed by atoms with E-state index in [2.05, 4.69) is 15.0 Å². The standard InChI is InChI=1S/C19H22ClN3O7S/c1-10-16(18(25)29-5)11(2)21-17(10)19(26)30-9-15(24)22-12-6-7-13(20)14(8-12)31(27,28)23(3)4/h6-8,21H,9H2,1-5H3,(H,22,24). The van der Waals surface area contributed by atoms with Gasteiger partial charge in [0.1, 0.15) is 10.6 Å². The van der Waals surface area contributed by atoms with Crippen LogP contribution in [0.4, 0.5) is 5.69 Å². The van der Waals surface area contributed by atoms with Crippen molar-refractivity contribution in [1.29, 1.82) is 0 Å². The number of aryl methyl sites for hydroxylation is 1. The zero-order valence-corrected chi connectivity index (χ0v) is 19.1. The average Bonchev–Trinajstić information content (AvgIpc) is 3.00. The van der Waals surface area contributed by atoms with Crippen molar-refractivity contribution < 1.29 is 32.3 Å². The molecule has 0 radical (unpaired) electrons. The van der Waals surface area contributed by atoms with Gasteiger partial charge in [0.05, 0.1) is 17.7 Å². The first-order chi connectivity index (χ1) is 14.4. The second-order valence-electron chi connectivity index (χ2n) is 6.67. The van der Waals surface area contributed by atoms with Crippen LogP contribution in [-0.2, 0) is 24.3 Å². The van der Waals surface area contributed by atoms with Crippen molar-refractivity contribution in [3.8, 4) is 0 Å². The number of esters is 2. The molecule has 0 aliphatic carbocycles. The molecule has 1 aromatic heterocycles. The van der Waals surface area contributed by atoms with Crippen LogP contribution in [0.3, 0.4) is 0 Å².